The predicted molar refractivity (Wildman–Crippen MR) is 111 cm³/mol. The van der Waals surface area contributed by atoms with Gasteiger partial charge in [0.15, 0.2) is 5.58 Å². The molecule has 2 aromatic carbocycles. The number of nitrogens with zero attached hydrogens (tertiary/aromatic N) is 2. The van der Waals surface area contributed by atoms with Gasteiger partial charge in [0.25, 0.3) is 0 Å². The van der Waals surface area contributed by atoms with Crippen molar-refractivity contribution in [1.82, 2.24) is 14.8 Å². The fraction of sp³-hybridized carbons (Fsp3) is 0.300. The summed E-state index contributed by atoms with van der Waals surface area (Å²) in [5.74, 6) is -0.665. The van der Waals surface area contributed by atoms with Crippen LogP contribution in [0.3, 0.4) is 0 Å². The number of nitrogens with one attached hydrogen (secondary N) is 1. The standard InChI is InChI=1S/C20H21Cl2N3O3/c1-24(2)17(14-5-3-4-6-15(14)22)12-23-19(26)9-10-25-16-8-7-13(21)11-18(16)28-20(25)27/h3-8,11,17H,9-10,12H2,1-2H3,(H,23,26)/t17-/m1/s1. The number of likely N-dealkylation sites (N-methyl/N-ethyl adjacent to an activating group) is 1. The lowest BCUT2D eigenvalue weighted by atomic mass is 10.1. The molecule has 0 saturated heterocycles. The third-order valence-corrected chi connectivity index (χ3v) is 5.15. The van der Waals surface area contributed by atoms with Crippen molar-refractivity contribution in [3.05, 3.63) is 68.6 Å². The van der Waals surface area contributed by atoms with Crippen molar-refractivity contribution < 1.29 is 9.21 Å². The average molecular weight is 422 g/mol. The van der Waals surface area contributed by atoms with Crippen LogP contribution in [0.15, 0.2) is 51.7 Å². The highest BCUT2D eigenvalue weighted by Gasteiger charge is 2.18. The van der Waals surface area contributed by atoms with E-state index in [1.807, 2.05) is 43.3 Å². The van der Waals surface area contributed by atoms with Crippen molar-refractivity contribution in [3.8, 4) is 0 Å². The number of carbonyl (C=O) groups is 1. The van der Waals surface area contributed by atoms with Crippen LogP contribution in [0.2, 0.25) is 10.0 Å². The molecule has 0 aliphatic heterocycles. The van der Waals surface area contributed by atoms with E-state index in [2.05, 4.69) is 5.32 Å². The number of hydrogen-bond donors (Lipinski definition) is 1. The zero-order chi connectivity index (χ0) is 20.3. The Bertz CT molecular complexity index is 1040. The minimum Gasteiger partial charge on any atom is -0.408 e. The molecule has 0 spiro atoms. The van der Waals surface area contributed by atoms with Gasteiger partial charge in [0.1, 0.15) is 0 Å². The Kier molecular flexibility index (Phi) is 6.44. The second-order valence-corrected chi connectivity index (χ2v) is 7.53. The summed E-state index contributed by atoms with van der Waals surface area (Å²) in [6.07, 6.45) is 0.153. The first kappa shape index (κ1) is 20.5. The largest absolute Gasteiger partial charge is 0.419 e. The molecular formula is C20H21Cl2N3O3. The predicted octanol–water partition coefficient (Wildman–Crippen LogP) is 3.71. The van der Waals surface area contributed by atoms with E-state index >= 15 is 0 Å². The molecule has 3 rings (SSSR count). The second kappa shape index (κ2) is 8.82. The Hall–Kier alpha value is -2.28. The SMILES string of the molecule is CN(C)[C@H](CNC(=O)CCn1c(=O)oc2cc(Cl)ccc21)c1ccccc1Cl. The van der Waals surface area contributed by atoms with E-state index in [1.54, 1.807) is 18.2 Å². The van der Waals surface area contributed by atoms with Crippen molar-refractivity contribution in [1.29, 1.82) is 0 Å². The summed E-state index contributed by atoms with van der Waals surface area (Å²) in [7, 11) is 3.87. The summed E-state index contributed by atoms with van der Waals surface area (Å²) in [5, 5.41) is 4.07. The van der Waals surface area contributed by atoms with Crippen LogP contribution in [0, 0.1) is 0 Å². The number of aryl methyl sites for hydroxylation is 1. The zero-order valence-electron chi connectivity index (χ0n) is 15.6. The van der Waals surface area contributed by atoms with Crippen molar-refractivity contribution >= 4 is 40.2 Å². The fourth-order valence-corrected chi connectivity index (χ4v) is 3.50. The molecule has 0 radical (unpaired) electrons. The lowest BCUT2D eigenvalue weighted by Gasteiger charge is -2.26. The maximum Gasteiger partial charge on any atom is 0.419 e. The van der Waals surface area contributed by atoms with Crippen LogP contribution in [-0.4, -0.2) is 36.0 Å². The van der Waals surface area contributed by atoms with Gasteiger partial charge in [-0.05, 0) is 37.9 Å². The zero-order valence-corrected chi connectivity index (χ0v) is 17.1. The quantitative estimate of drug-likeness (QED) is 0.631. The van der Waals surface area contributed by atoms with Crippen LogP contribution >= 0.6 is 23.2 Å². The fourth-order valence-electron chi connectivity index (χ4n) is 3.08. The van der Waals surface area contributed by atoms with Gasteiger partial charge in [-0.2, -0.15) is 0 Å². The lowest BCUT2D eigenvalue weighted by Crippen LogP contribution is -2.35. The molecule has 1 N–H and O–H groups in total. The number of hydrogen-bond acceptors (Lipinski definition) is 4. The average Bonchev–Trinajstić information content (AvgIpc) is 2.95. The highest BCUT2D eigenvalue weighted by molar-refractivity contribution is 6.31. The second-order valence-electron chi connectivity index (χ2n) is 6.69. The summed E-state index contributed by atoms with van der Waals surface area (Å²) in [4.78, 5) is 26.4. The summed E-state index contributed by atoms with van der Waals surface area (Å²) >= 11 is 12.2. The molecule has 1 aromatic heterocycles. The van der Waals surface area contributed by atoms with Crippen LogP contribution in [0.25, 0.3) is 11.1 Å². The van der Waals surface area contributed by atoms with Crippen molar-refractivity contribution in [2.24, 2.45) is 0 Å². The molecule has 0 fully saturated rings. The van der Waals surface area contributed by atoms with E-state index in [0.29, 0.717) is 27.7 Å². The molecule has 3 aromatic rings. The van der Waals surface area contributed by atoms with E-state index in [1.165, 1.54) is 4.57 Å². The first-order valence-electron chi connectivity index (χ1n) is 8.83. The van der Waals surface area contributed by atoms with Crippen LogP contribution in [0.4, 0.5) is 0 Å². The summed E-state index contributed by atoms with van der Waals surface area (Å²) < 4.78 is 6.62. The van der Waals surface area contributed by atoms with Crippen molar-refractivity contribution in [2.75, 3.05) is 20.6 Å². The monoisotopic (exact) mass is 421 g/mol. The number of amides is 1. The Balaban J connectivity index is 1.64. The molecule has 0 saturated carbocycles. The van der Waals surface area contributed by atoms with E-state index in [-0.39, 0.29) is 24.9 Å². The van der Waals surface area contributed by atoms with Crippen LogP contribution in [0.1, 0.15) is 18.0 Å². The highest BCUT2D eigenvalue weighted by Crippen LogP contribution is 2.25. The molecule has 1 atom stereocenters. The van der Waals surface area contributed by atoms with E-state index in [0.717, 1.165) is 5.56 Å². The van der Waals surface area contributed by atoms with Gasteiger partial charge < -0.3 is 14.6 Å². The number of oxazole rings is 1. The van der Waals surface area contributed by atoms with Gasteiger partial charge in [-0.15, -0.1) is 0 Å². The number of rotatable bonds is 7. The van der Waals surface area contributed by atoms with E-state index in [9.17, 15) is 9.59 Å². The van der Waals surface area contributed by atoms with E-state index < -0.39 is 5.76 Å². The summed E-state index contributed by atoms with van der Waals surface area (Å²) in [5.41, 5.74) is 1.97. The number of fused-ring (bicyclic) bond motifs is 1. The van der Waals surface area contributed by atoms with Crippen molar-refractivity contribution in [3.63, 3.8) is 0 Å². The minimum absolute atomic E-state index is 0.0581. The molecule has 1 heterocycles. The Morgan fingerprint density at radius 1 is 1.21 bits per heavy atom. The molecule has 0 unspecified atom stereocenters. The van der Waals surface area contributed by atoms with Crippen LogP contribution in [-0.2, 0) is 11.3 Å². The molecule has 0 bridgehead atoms. The Morgan fingerprint density at radius 2 is 1.96 bits per heavy atom. The minimum atomic E-state index is -0.507. The van der Waals surface area contributed by atoms with Gasteiger partial charge in [-0.1, -0.05) is 41.4 Å². The maximum absolute atomic E-state index is 12.4. The van der Waals surface area contributed by atoms with Gasteiger partial charge in [-0.3, -0.25) is 9.36 Å². The third kappa shape index (κ3) is 4.58. The first-order valence-corrected chi connectivity index (χ1v) is 9.59. The summed E-state index contributed by atoms with van der Waals surface area (Å²) in [6, 6.07) is 12.5. The maximum atomic E-state index is 12.4. The molecule has 8 heteroatoms. The highest BCUT2D eigenvalue weighted by atomic mass is 35.5. The molecule has 28 heavy (non-hydrogen) atoms. The third-order valence-electron chi connectivity index (χ3n) is 4.57. The molecule has 1 amide bonds. The number of carbonyl (C=O) groups excluding carboxylic acids is 1. The molecule has 0 aliphatic carbocycles. The van der Waals surface area contributed by atoms with Gasteiger partial charge in [-0.25, -0.2) is 4.79 Å². The lowest BCUT2D eigenvalue weighted by molar-refractivity contribution is -0.121. The van der Waals surface area contributed by atoms with Gasteiger partial charge >= 0.3 is 5.76 Å². The normalized spacial score (nSPS) is 12.5. The molecule has 148 valence electrons. The Labute approximate surface area is 172 Å². The molecule has 6 nitrogen and oxygen atoms in total. The first-order chi connectivity index (χ1) is 13.4. The molecular weight excluding hydrogens is 401 g/mol. The topological polar surface area (TPSA) is 67.5 Å². The van der Waals surface area contributed by atoms with Crippen molar-refractivity contribution in [2.45, 2.75) is 19.0 Å². The van der Waals surface area contributed by atoms with Crippen LogP contribution in [0.5, 0.6) is 0 Å². The number of aromatic nitrogens is 1. The summed E-state index contributed by atoms with van der Waals surface area (Å²) in [6.45, 7) is 0.629. The van der Waals surface area contributed by atoms with Crippen LogP contribution < -0.4 is 11.1 Å². The Morgan fingerprint density at radius 3 is 2.68 bits per heavy atom. The molecule has 0 aliphatic rings. The van der Waals surface area contributed by atoms with Gasteiger partial charge in [0.05, 0.1) is 11.6 Å². The van der Waals surface area contributed by atoms with E-state index in [4.69, 9.17) is 27.6 Å². The van der Waals surface area contributed by atoms with Gasteiger partial charge in [0, 0.05) is 35.6 Å². The van der Waals surface area contributed by atoms with Gasteiger partial charge in [0.2, 0.25) is 5.91 Å². The smallest absolute Gasteiger partial charge is 0.408 e. The number of benzene rings is 2. The number of halogens is 2.